The fourth-order valence-electron chi connectivity index (χ4n) is 1.89. The van der Waals surface area contributed by atoms with Crippen molar-refractivity contribution in [2.45, 2.75) is 19.4 Å². The van der Waals surface area contributed by atoms with Crippen LogP contribution in [0.3, 0.4) is 0 Å². The second-order valence-corrected chi connectivity index (χ2v) is 4.83. The van der Waals surface area contributed by atoms with E-state index in [-0.39, 0.29) is 0 Å². The van der Waals surface area contributed by atoms with E-state index in [0.29, 0.717) is 12.1 Å². The van der Waals surface area contributed by atoms with Crippen molar-refractivity contribution in [3.05, 3.63) is 29.3 Å². The average molecular weight is 260 g/mol. The third kappa shape index (κ3) is 4.55. The fraction of sp³-hybridized carbons (Fsp3) is 0.533. The van der Waals surface area contributed by atoms with Gasteiger partial charge in [-0.3, -0.25) is 0 Å². The van der Waals surface area contributed by atoms with Crippen molar-refractivity contribution in [1.29, 1.82) is 5.26 Å². The highest BCUT2D eigenvalue weighted by molar-refractivity contribution is 5.41. The molecule has 1 saturated carbocycles. The summed E-state index contributed by atoms with van der Waals surface area (Å²) in [4.78, 5) is 0. The van der Waals surface area contributed by atoms with Gasteiger partial charge in [-0.05, 0) is 37.0 Å². The monoisotopic (exact) mass is 260 g/mol. The number of nitriles is 1. The Hall–Kier alpha value is -1.57. The summed E-state index contributed by atoms with van der Waals surface area (Å²) in [6.07, 6.45) is 2.65. The molecule has 0 amide bonds. The molecule has 2 rings (SSSR count). The zero-order valence-electron chi connectivity index (χ0n) is 11.3. The highest BCUT2D eigenvalue weighted by Gasteiger charge is 2.20. The molecular weight excluding hydrogens is 240 g/mol. The molecule has 1 aromatic rings. The van der Waals surface area contributed by atoms with E-state index in [9.17, 15) is 0 Å². The van der Waals surface area contributed by atoms with Crippen molar-refractivity contribution < 1.29 is 9.47 Å². The van der Waals surface area contributed by atoms with Crippen LogP contribution in [0.25, 0.3) is 0 Å². The first kappa shape index (κ1) is 13.9. The largest absolute Gasteiger partial charge is 0.496 e. The summed E-state index contributed by atoms with van der Waals surface area (Å²) < 4.78 is 10.8. The molecule has 19 heavy (non-hydrogen) atoms. The number of nitrogens with one attached hydrogen (secondary N) is 1. The third-order valence-electron chi connectivity index (χ3n) is 3.20. The predicted molar refractivity (Wildman–Crippen MR) is 73.0 cm³/mol. The third-order valence-corrected chi connectivity index (χ3v) is 3.20. The lowest BCUT2D eigenvalue weighted by molar-refractivity contribution is 0.126. The Labute approximate surface area is 114 Å². The Morgan fingerprint density at radius 3 is 2.95 bits per heavy atom. The first-order valence-electron chi connectivity index (χ1n) is 6.69. The predicted octanol–water partition coefficient (Wildman–Crippen LogP) is 2.08. The molecule has 0 aliphatic heterocycles. The molecule has 4 nitrogen and oxygen atoms in total. The highest BCUT2D eigenvalue weighted by atomic mass is 16.5. The van der Waals surface area contributed by atoms with E-state index in [4.69, 9.17) is 14.7 Å². The SMILES string of the molecule is COc1ccc(C#N)cc1CNCCOCC1CC1. The maximum absolute atomic E-state index is 8.89. The molecule has 0 atom stereocenters. The zero-order chi connectivity index (χ0) is 13.5. The number of hydrogen-bond acceptors (Lipinski definition) is 4. The minimum atomic E-state index is 0.655. The van der Waals surface area contributed by atoms with Gasteiger partial charge < -0.3 is 14.8 Å². The number of ether oxygens (including phenoxy) is 2. The molecule has 102 valence electrons. The summed E-state index contributed by atoms with van der Waals surface area (Å²) in [5.74, 6) is 1.62. The van der Waals surface area contributed by atoms with Gasteiger partial charge in [-0.2, -0.15) is 5.26 Å². The number of nitrogens with zero attached hydrogens (tertiary/aromatic N) is 1. The Morgan fingerprint density at radius 2 is 2.26 bits per heavy atom. The van der Waals surface area contributed by atoms with Crippen molar-refractivity contribution in [3.8, 4) is 11.8 Å². The Morgan fingerprint density at radius 1 is 1.42 bits per heavy atom. The quantitative estimate of drug-likeness (QED) is 0.727. The molecule has 0 unspecified atom stereocenters. The summed E-state index contributed by atoms with van der Waals surface area (Å²) in [6, 6.07) is 7.60. The maximum atomic E-state index is 8.89. The van der Waals surface area contributed by atoms with E-state index in [0.717, 1.165) is 37.0 Å². The number of methoxy groups -OCH3 is 1. The molecular formula is C15H20N2O2. The van der Waals surface area contributed by atoms with Crippen LogP contribution in [-0.4, -0.2) is 26.9 Å². The molecule has 1 aliphatic carbocycles. The van der Waals surface area contributed by atoms with Crippen LogP contribution in [0.2, 0.25) is 0 Å². The van der Waals surface area contributed by atoms with Crippen LogP contribution < -0.4 is 10.1 Å². The number of benzene rings is 1. The Kier molecular flexibility index (Phi) is 5.20. The number of hydrogen-bond donors (Lipinski definition) is 1. The summed E-state index contributed by atoms with van der Waals surface area (Å²) >= 11 is 0. The Balaban J connectivity index is 1.72. The normalized spacial score (nSPS) is 14.1. The number of rotatable bonds is 8. The molecule has 0 aromatic heterocycles. The van der Waals surface area contributed by atoms with E-state index < -0.39 is 0 Å². The van der Waals surface area contributed by atoms with Crippen molar-refractivity contribution in [2.24, 2.45) is 5.92 Å². The molecule has 1 fully saturated rings. The van der Waals surface area contributed by atoms with Gasteiger partial charge in [0, 0.05) is 25.3 Å². The first-order valence-corrected chi connectivity index (χ1v) is 6.69. The molecule has 4 heteroatoms. The molecule has 0 saturated heterocycles. The lowest BCUT2D eigenvalue weighted by atomic mass is 10.1. The van der Waals surface area contributed by atoms with Gasteiger partial charge >= 0.3 is 0 Å². The smallest absolute Gasteiger partial charge is 0.123 e. The van der Waals surface area contributed by atoms with Crippen molar-refractivity contribution in [1.82, 2.24) is 5.32 Å². The van der Waals surface area contributed by atoms with Crippen LogP contribution in [0.4, 0.5) is 0 Å². The average Bonchev–Trinajstić information content (AvgIpc) is 3.26. The van der Waals surface area contributed by atoms with Gasteiger partial charge in [-0.25, -0.2) is 0 Å². The second-order valence-electron chi connectivity index (χ2n) is 4.83. The second kappa shape index (κ2) is 7.13. The van der Waals surface area contributed by atoms with Crippen molar-refractivity contribution in [3.63, 3.8) is 0 Å². The minimum absolute atomic E-state index is 0.655. The summed E-state index contributed by atoms with van der Waals surface area (Å²) in [6.45, 7) is 3.13. The van der Waals surface area contributed by atoms with Gasteiger partial charge in [-0.1, -0.05) is 0 Å². The van der Waals surface area contributed by atoms with Gasteiger partial charge in [-0.15, -0.1) is 0 Å². The lowest BCUT2D eigenvalue weighted by Gasteiger charge is -2.10. The van der Waals surface area contributed by atoms with Crippen molar-refractivity contribution >= 4 is 0 Å². The zero-order valence-corrected chi connectivity index (χ0v) is 11.3. The van der Waals surface area contributed by atoms with Gasteiger partial charge in [0.2, 0.25) is 0 Å². The van der Waals surface area contributed by atoms with Crippen molar-refractivity contribution in [2.75, 3.05) is 26.9 Å². The van der Waals surface area contributed by atoms with Crippen LogP contribution in [0.15, 0.2) is 18.2 Å². The van der Waals surface area contributed by atoms with Crippen LogP contribution in [0.5, 0.6) is 5.75 Å². The topological polar surface area (TPSA) is 54.3 Å². The molecule has 0 spiro atoms. The van der Waals surface area contributed by atoms with E-state index in [1.54, 1.807) is 13.2 Å². The minimum Gasteiger partial charge on any atom is -0.496 e. The molecule has 0 bridgehead atoms. The van der Waals surface area contributed by atoms with Gasteiger partial charge in [0.05, 0.1) is 25.3 Å². The van der Waals surface area contributed by atoms with E-state index in [1.807, 2.05) is 12.1 Å². The maximum Gasteiger partial charge on any atom is 0.123 e. The first-order chi connectivity index (χ1) is 9.33. The van der Waals surface area contributed by atoms with Crippen LogP contribution >= 0.6 is 0 Å². The lowest BCUT2D eigenvalue weighted by Crippen LogP contribution is -2.20. The highest BCUT2D eigenvalue weighted by Crippen LogP contribution is 2.28. The van der Waals surface area contributed by atoms with E-state index >= 15 is 0 Å². The summed E-state index contributed by atoms with van der Waals surface area (Å²) in [5.41, 5.74) is 1.66. The van der Waals surface area contributed by atoms with Crippen LogP contribution in [-0.2, 0) is 11.3 Å². The summed E-state index contributed by atoms with van der Waals surface area (Å²) in [5, 5.41) is 12.2. The molecule has 1 aromatic carbocycles. The molecule has 0 radical (unpaired) electrons. The van der Waals surface area contributed by atoms with E-state index in [2.05, 4.69) is 11.4 Å². The van der Waals surface area contributed by atoms with Crippen LogP contribution in [0.1, 0.15) is 24.0 Å². The Bertz CT molecular complexity index is 450. The van der Waals surface area contributed by atoms with E-state index in [1.165, 1.54) is 12.8 Å². The summed E-state index contributed by atoms with van der Waals surface area (Å²) in [7, 11) is 1.64. The molecule has 1 N–H and O–H groups in total. The fourth-order valence-corrected chi connectivity index (χ4v) is 1.89. The van der Waals surface area contributed by atoms with Gasteiger partial charge in [0.1, 0.15) is 5.75 Å². The van der Waals surface area contributed by atoms with Crippen LogP contribution in [0, 0.1) is 17.2 Å². The van der Waals surface area contributed by atoms with Gasteiger partial charge in [0.15, 0.2) is 0 Å². The standard InChI is InChI=1S/C15H20N2O2/c1-18-15-5-4-13(9-16)8-14(15)10-17-6-7-19-11-12-2-3-12/h4-5,8,12,17H,2-3,6-7,10-11H2,1H3. The molecule has 1 aliphatic rings. The van der Waals surface area contributed by atoms with Gasteiger partial charge in [0.25, 0.3) is 0 Å². The molecule has 0 heterocycles.